The van der Waals surface area contributed by atoms with E-state index in [0.29, 0.717) is 11.4 Å². The molecule has 1 amide bonds. The highest BCUT2D eigenvalue weighted by Gasteiger charge is 2.15. The number of pyridine rings is 1. The van der Waals surface area contributed by atoms with E-state index in [4.69, 9.17) is 9.84 Å². The number of amides is 1. The third-order valence-corrected chi connectivity index (χ3v) is 3.06. The standard InChI is InChI=1S/C16H16N2O4/c1-11(15(19)20)14-8-7-13(9-17-14)18-16(21)22-10-12-5-3-2-4-6-12/h2-9,11H,10H2,1H3,(H,18,21)(H,19,20). The third kappa shape index (κ3) is 4.31. The van der Waals surface area contributed by atoms with Crippen molar-refractivity contribution in [2.24, 2.45) is 0 Å². The van der Waals surface area contributed by atoms with Crippen LogP contribution in [0.3, 0.4) is 0 Å². The lowest BCUT2D eigenvalue weighted by atomic mass is 10.1. The van der Waals surface area contributed by atoms with E-state index in [1.54, 1.807) is 19.1 Å². The van der Waals surface area contributed by atoms with Gasteiger partial charge in [0, 0.05) is 0 Å². The summed E-state index contributed by atoms with van der Waals surface area (Å²) < 4.78 is 5.08. The van der Waals surface area contributed by atoms with Crippen LogP contribution in [-0.2, 0) is 16.1 Å². The van der Waals surface area contributed by atoms with Crippen LogP contribution in [0.15, 0.2) is 48.7 Å². The summed E-state index contributed by atoms with van der Waals surface area (Å²) in [5.41, 5.74) is 1.76. The number of rotatable bonds is 5. The molecule has 0 aliphatic rings. The molecule has 6 nitrogen and oxygen atoms in total. The first kappa shape index (κ1) is 15.5. The predicted octanol–water partition coefficient (Wildman–Crippen LogP) is 3.02. The lowest BCUT2D eigenvalue weighted by Crippen LogP contribution is -2.14. The van der Waals surface area contributed by atoms with Gasteiger partial charge in [0.2, 0.25) is 0 Å². The van der Waals surface area contributed by atoms with E-state index in [9.17, 15) is 9.59 Å². The smallest absolute Gasteiger partial charge is 0.412 e. The highest BCUT2D eigenvalue weighted by atomic mass is 16.5. The first-order valence-electron chi connectivity index (χ1n) is 6.72. The molecule has 22 heavy (non-hydrogen) atoms. The molecule has 0 saturated heterocycles. The minimum absolute atomic E-state index is 0.175. The minimum atomic E-state index is -0.949. The average Bonchev–Trinajstić information content (AvgIpc) is 2.54. The highest BCUT2D eigenvalue weighted by molar-refractivity contribution is 5.84. The van der Waals surface area contributed by atoms with Crippen molar-refractivity contribution in [1.29, 1.82) is 0 Å². The van der Waals surface area contributed by atoms with Crippen LogP contribution < -0.4 is 5.32 Å². The number of aliphatic carboxylic acids is 1. The topological polar surface area (TPSA) is 88.5 Å². The van der Waals surface area contributed by atoms with Crippen LogP contribution in [0.1, 0.15) is 24.1 Å². The second kappa shape index (κ2) is 7.21. The molecule has 1 aromatic heterocycles. The van der Waals surface area contributed by atoms with Crippen molar-refractivity contribution in [1.82, 2.24) is 4.98 Å². The van der Waals surface area contributed by atoms with Crippen LogP contribution >= 0.6 is 0 Å². The zero-order valence-corrected chi connectivity index (χ0v) is 12.0. The lowest BCUT2D eigenvalue weighted by Gasteiger charge is -2.09. The fourth-order valence-corrected chi connectivity index (χ4v) is 1.74. The Labute approximate surface area is 127 Å². The monoisotopic (exact) mass is 300 g/mol. The van der Waals surface area contributed by atoms with Gasteiger partial charge in [-0.25, -0.2) is 4.79 Å². The number of ether oxygens (including phenoxy) is 1. The number of carboxylic acid groups (broad SMARTS) is 1. The van der Waals surface area contributed by atoms with Crippen molar-refractivity contribution in [3.05, 3.63) is 59.9 Å². The number of aromatic nitrogens is 1. The molecule has 114 valence electrons. The van der Waals surface area contributed by atoms with E-state index in [2.05, 4.69) is 10.3 Å². The van der Waals surface area contributed by atoms with Crippen LogP contribution in [0.25, 0.3) is 0 Å². The fraction of sp³-hybridized carbons (Fsp3) is 0.188. The van der Waals surface area contributed by atoms with Gasteiger partial charge in [0.05, 0.1) is 23.5 Å². The Morgan fingerprint density at radius 3 is 2.55 bits per heavy atom. The van der Waals surface area contributed by atoms with Crippen molar-refractivity contribution in [2.75, 3.05) is 5.32 Å². The van der Waals surface area contributed by atoms with Gasteiger partial charge in [-0.05, 0) is 24.6 Å². The van der Waals surface area contributed by atoms with Crippen LogP contribution in [0.4, 0.5) is 10.5 Å². The molecule has 2 aromatic rings. The average molecular weight is 300 g/mol. The molecule has 1 unspecified atom stereocenters. The molecule has 2 rings (SSSR count). The molecule has 1 atom stereocenters. The molecule has 0 saturated carbocycles. The molecule has 6 heteroatoms. The zero-order valence-electron chi connectivity index (χ0n) is 12.0. The molecular formula is C16H16N2O4. The van der Waals surface area contributed by atoms with Gasteiger partial charge in [-0.1, -0.05) is 30.3 Å². The number of anilines is 1. The summed E-state index contributed by atoms with van der Waals surface area (Å²) >= 11 is 0. The SMILES string of the molecule is CC(C(=O)O)c1ccc(NC(=O)OCc2ccccc2)cn1. The fourth-order valence-electron chi connectivity index (χ4n) is 1.74. The first-order valence-corrected chi connectivity index (χ1v) is 6.72. The molecule has 0 radical (unpaired) electrons. The number of benzene rings is 1. The zero-order chi connectivity index (χ0) is 15.9. The van der Waals surface area contributed by atoms with Crippen molar-refractivity contribution in [3.63, 3.8) is 0 Å². The van der Waals surface area contributed by atoms with Crippen molar-refractivity contribution < 1.29 is 19.4 Å². The van der Waals surface area contributed by atoms with Gasteiger partial charge in [0.15, 0.2) is 0 Å². The molecule has 1 aromatic carbocycles. The Kier molecular flexibility index (Phi) is 5.08. The molecular weight excluding hydrogens is 284 g/mol. The van der Waals surface area contributed by atoms with Gasteiger partial charge in [-0.15, -0.1) is 0 Å². The second-order valence-electron chi connectivity index (χ2n) is 4.72. The Morgan fingerprint density at radius 2 is 1.95 bits per heavy atom. The van der Waals surface area contributed by atoms with Crippen molar-refractivity contribution >= 4 is 17.7 Å². The van der Waals surface area contributed by atoms with Gasteiger partial charge in [0.1, 0.15) is 6.61 Å². The van der Waals surface area contributed by atoms with Gasteiger partial charge < -0.3 is 9.84 Å². The third-order valence-electron chi connectivity index (χ3n) is 3.06. The summed E-state index contributed by atoms with van der Waals surface area (Å²) in [6.45, 7) is 1.72. The summed E-state index contributed by atoms with van der Waals surface area (Å²) in [7, 11) is 0. The quantitative estimate of drug-likeness (QED) is 0.886. The maximum Gasteiger partial charge on any atom is 0.412 e. The van der Waals surface area contributed by atoms with E-state index < -0.39 is 18.0 Å². The Balaban J connectivity index is 1.88. The number of carboxylic acids is 1. The molecule has 0 spiro atoms. The largest absolute Gasteiger partial charge is 0.481 e. The van der Waals surface area contributed by atoms with Gasteiger partial charge in [-0.3, -0.25) is 15.1 Å². The van der Waals surface area contributed by atoms with Gasteiger partial charge in [0.25, 0.3) is 0 Å². The number of carbonyl (C=O) groups is 2. The minimum Gasteiger partial charge on any atom is -0.481 e. The van der Waals surface area contributed by atoms with Gasteiger partial charge in [-0.2, -0.15) is 0 Å². The summed E-state index contributed by atoms with van der Waals surface area (Å²) in [6.07, 6.45) is 0.808. The van der Waals surface area contributed by atoms with E-state index in [1.807, 2.05) is 30.3 Å². The number of carbonyl (C=O) groups excluding carboxylic acids is 1. The number of hydrogen-bond donors (Lipinski definition) is 2. The maximum atomic E-state index is 11.7. The summed E-state index contributed by atoms with van der Waals surface area (Å²) in [6, 6.07) is 12.5. The second-order valence-corrected chi connectivity index (χ2v) is 4.72. The molecule has 2 N–H and O–H groups in total. The number of hydrogen-bond acceptors (Lipinski definition) is 4. The summed E-state index contributed by atoms with van der Waals surface area (Å²) in [4.78, 5) is 26.5. The van der Waals surface area contributed by atoms with E-state index in [-0.39, 0.29) is 6.61 Å². The molecule has 1 heterocycles. The van der Waals surface area contributed by atoms with E-state index >= 15 is 0 Å². The lowest BCUT2D eigenvalue weighted by molar-refractivity contribution is -0.138. The summed E-state index contributed by atoms with van der Waals surface area (Å²) in [5, 5.41) is 11.4. The van der Waals surface area contributed by atoms with E-state index in [0.717, 1.165) is 5.56 Å². The van der Waals surface area contributed by atoms with Crippen LogP contribution in [-0.4, -0.2) is 22.2 Å². The first-order chi connectivity index (χ1) is 10.6. The number of nitrogens with zero attached hydrogens (tertiary/aromatic N) is 1. The maximum absolute atomic E-state index is 11.7. The molecule has 0 aliphatic heterocycles. The van der Waals surface area contributed by atoms with Crippen LogP contribution in [0, 0.1) is 0 Å². The summed E-state index contributed by atoms with van der Waals surface area (Å²) in [5.74, 6) is -1.64. The highest BCUT2D eigenvalue weighted by Crippen LogP contribution is 2.15. The van der Waals surface area contributed by atoms with Crippen molar-refractivity contribution in [2.45, 2.75) is 19.4 Å². The molecule has 0 aliphatic carbocycles. The van der Waals surface area contributed by atoms with Crippen molar-refractivity contribution in [3.8, 4) is 0 Å². The van der Waals surface area contributed by atoms with Crippen LogP contribution in [0.5, 0.6) is 0 Å². The van der Waals surface area contributed by atoms with E-state index in [1.165, 1.54) is 6.20 Å². The normalized spacial score (nSPS) is 11.5. The Morgan fingerprint density at radius 1 is 1.23 bits per heavy atom. The Bertz CT molecular complexity index is 641. The Hall–Kier alpha value is -2.89. The number of nitrogens with one attached hydrogen (secondary N) is 1. The molecule has 0 fully saturated rings. The predicted molar refractivity (Wildman–Crippen MR) is 80.5 cm³/mol. The molecule has 0 bridgehead atoms. The van der Waals surface area contributed by atoms with Gasteiger partial charge >= 0.3 is 12.1 Å². The van der Waals surface area contributed by atoms with Crippen LogP contribution in [0.2, 0.25) is 0 Å².